The molecule has 0 saturated carbocycles. The van der Waals surface area contributed by atoms with Gasteiger partial charge in [-0.3, -0.25) is 9.69 Å². The summed E-state index contributed by atoms with van der Waals surface area (Å²) in [6.07, 6.45) is 1.00. The van der Waals surface area contributed by atoms with Crippen LogP contribution in [0.25, 0.3) is 0 Å². The first-order valence-corrected chi connectivity index (χ1v) is 6.52. The minimum Gasteiger partial charge on any atom is -0.383 e. The quantitative estimate of drug-likeness (QED) is 0.807. The van der Waals surface area contributed by atoms with Crippen molar-refractivity contribution >= 4 is 30.7 Å². The molecule has 2 rings (SSSR count). The van der Waals surface area contributed by atoms with E-state index in [1.165, 1.54) is 0 Å². The lowest BCUT2D eigenvalue weighted by atomic mass is 10.1. The third-order valence-electron chi connectivity index (χ3n) is 3.71. The van der Waals surface area contributed by atoms with Crippen LogP contribution in [0.3, 0.4) is 0 Å². The third-order valence-corrected chi connectivity index (χ3v) is 3.71. The summed E-state index contributed by atoms with van der Waals surface area (Å²) >= 11 is 0. The highest BCUT2D eigenvalue weighted by Crippen LogP contribution is 2.13. The molecule has 0 aromatic rings. The number of ether oxygens (including phenoxy) is 1. The van der Waals surface area contributed by atoms with Gasteiger partial charge in [0.25, 0.3) is 0 Å². The Labute approximate surface area is 127 Å². The van der Waals surface area contributed by atoms with Gasteiger partial charge in [0, 0.05) is 46.4 Å². The van der Waals surface area contributed by atoms with Crippen LogP contribution in [-0.4, -0.2) is 75.2 Å². The highest BCUT2D eigenvalue weighted by molar-refractivity contribution is 5.85. The van der Waals surface area contributed by atoms with Crippen LogP contribution in [0.5, 0.6) is 0 Å². The monoisotopic (exact) mass is 313 g/mol. The molecule has 1 amide bonds. The molecular weight excluding hydrogens is 289 g/mol. The normalized spacial score (nSPS) is 23.6. The molecule has 0 aromatic heterocycles. The van der Waals surface area contributed by atoms with Gasteiger partial charge in [0.05, 0.1) is 12.5 Å². The highest BCUT2D eigenvalue weighted by atomic mass is 35.5. The lowest BCUT2D eigenvalue weighted by Crippen LogP contribution is -2.51. The summed E-state index contributed by atoms with van der Waals surface area (Å²) in [5, 5.41) is 3.25. The smallest absolute Gasteiger partial charge is 0.227 e. The Morgan fingerprint density at radius 3 is 2.47 bits per heavy atom. The molecule has 7 heteroatoms. The van der Waals surface area contributed by atoms with E-state index < -0.39 is 0 Å². The van der Waals surface area contributed by atoms with E-state index in [0.29, 0.717) is 5.91 Å². The van der Waals surface area contributed by atoms with Crippen LogP contribution in [0.2, 0.25) is 0 Å². The molecule has 2 aliphatic rings. The Balaban J connectivity index is 0.00000162. The second kappa shape index (κ2) is 9.77. The number of carbonyl (C=O) groups excluding carboxylic acids is 1. The average molecular weight is 314 g/mol. The molecule has 1 N–H and O–H groups in total. The lowest BCUT2D eigenvalue weighted by Gasteiger charge is -2.35. The number of carbonyl (C=O) groups is 1. The van der Waals surface area contributed by atoms with Gasteiger partial charge in [-0.2, -0.15) is 0 Å². The predicted molar refractivity (Wildman–Crippen MR) is 80.4 cm³/mol. The Morgan fingerprint density at radius 2 is 1.95 bits per heavy atom. The molecule has 0 spiro atoms. The van der Waals surface area contributed by atoms with Gasteiger partial charge < -0.3 is 15.0 Å². The maximum absolute atomic E-state index is 12.2. The summed E-state index contributed by atoms with van der Waals surface area (Å²) in [6, 6.07) is 0. The number of hydrogen-bond acceptors (Lipinski definition) is 4. The first-order valence-electron chi connectivity index (χ1n) is 6.52. The molecule has 0 aromatic carbocycles. The van der Waals surface area contributed by atoms with E-state index in [1.807, 2.05) is 4.90 Å². The van der Waals surface area contributed by atoms with E-state index in [0.717, 1.165) is 58.8 Å². The van der Waals surface area contributed by atoms with Crippen molar-refractivity contribution in [3.63, 3.8) is 0 Å². The third kappa shape index (κ3) is 5.44. The minimum absolute atomic E-state index is 0. The number of nitrogens with one attached hydrogen (secondary N) is 1. The molecule has 114 valence electrons. The molecule has 1 atom stereocenters. The van der Waals surface area contributed by atoms with Crippen molar-refractivity contribution < 1.29 is 9.53 Å². The zero-order valence-electron chi connectivity index (χ0n) is 11.5. The zero-order chi connectivity index (χ0) is 12.1. The number of halogens is 2. The molecule has 2 heterocycles. The van der Waals surface area contributed by atoms with E-state index in [4.69, 9.17) is 4.74 Å². The van der Waals surface area contributed by atoms with Crippen LogP contribution < -0.4 is 5.32 Å². The number of nitrogens with zero attached hydrogens (tertiary/aromatic N) is 2. The van der Waals surface area contributed by atoms with Gasteiger partial charge >= 0.3 is 0 Å². The fraction of sp³-hybridized carbons (Fsp3) is 0.917. The molecule has 2 fully saturated rings. The van der Waals surface area contributed by atoms with Gasteiger partial charge in [0.2, 0.25) is 5.91 Å². The Kier molecular flexibility index (Phi) is 9.74. The molecule has 0 aliphatic carbocycles. The van der Waals surface area contributed by atoms with Crippen molar-refractivity contribution in [1.82, 2.24) is 15.1 Å². The summed E-state index contributed by atoms with van der Waals surface area (Å²) in [6.45, 7) is 7.32. The first-order chi connectivity index (χ1) is 8.31. The van der Waals surface area contributed by atoms with Crippen LogP contribution in [0.4, 0.5) is 0 Å². The standard InChI is InChI=1S/C12H23N3O2.2ClH/c1-17-9-8-14-4-6-15(7-5-14)12(16)11-2-3-13-10-11;;/h11,13H,2-10H2,1H3;2*1H. The van der Waals surface area contributed by atoms with Crippen LogP contribution in [0.1, 0.15) is 6.42 Å². The highest BCUT2D eigenvalue weighted by Gasteiger charge is 2.29. The van der Waals surface area contributed by atoms with Crippen LogP contribution >= 0.6 is 24.8 Å². The van der Waals surface area contributed by atoms with Crippen molar-refractivity contribution in [3.05, 3.63) is 0 Å². The van der Waals surface area contributed by atoms with E-state index in [-0.39, 0.29) is 30.7 Å². The number of piperazine rings is 1. The van der Waals surface area contributed by atoms with Crippen molar-refractivity contribution in [2.75, 3.05) is 59.5 Å². The first kappa shape index (κ1) is 18.9. The van der Waals surface area contributed by atoms with Gasteiger partial charge in [-0.15, -0.1) is 24.8 Å². The average Bonchev–Trinajstić information content (AvgIpc) is 2.90. The summed E-state index contributed by atoms with van der Waals surface area (Å²) in [7, 11) is 1.73. The summed E-state index contributed by atoms with van der Waals surface area (Å²) in [5.41, 5.74) is 0. The fourth-order valence-electron chi connectivity index (χ4n) is 2.54. The van der Waals surface area contributed by atoms with Crippen LogP contribution in [-0.2, 0) is 9.53 Å². The van der Waals surface area contributed by atoms with Gasteiger partial charge in [0.15, 0.2) is 0 Å². The molecule has 0 radical (unpaired) electrons. The molecule has 1 unspecified atom stereocenters. The Hall–Kier alpha value is -0.0700. The number of rotatable bonds is 4. The summed E-state index contributed by atoms with van der Waals surface area (Å²) in [5.74, 6) is 0.571. The topological polar surface area (TPSA) is 44.8 Å². The van der Waals surface area contributed by atoms with Crippen LogP contribution in [0, 0.1) is 5.92 Å². The summed E-state index contributed by atoms with van der Waals surface area (Å²) in [4.78, 5) is 16.6. The minimum atomic E-state index is 0. The largest absolute Gasteiger partial charge is 0.383 e. The van der Waals surface area contributed by atoms with Crippen molar-refractivity contribution in [2.24, 2.45) is 5.92 Å². The van der Waals surface area contributed by atoms with E-state index in [1.54, 1.807) is 7.11 Å². The predicted octanol–water partition coefficient (Wildman–Crippen LogP) is 0.230. The fourth-order valence-corrected chi connectivity index (χ4v) is 2.54. The summed E-state index contributed by atoms with van der Waals surface area (Å²) < 4.78 is 5.07. The number of hydrogen-bond donors (Lipinski definition) is 1. The maximum atomic E-state index is 12.2. The lowest BCUT2D eigenvalue weighted by molar-refractivity contribution is -0.136. The van der Waals surface area contributed by atoms with Gasteiger partial charge in [0.1, 0.15) is 0 Å². The molecule has 2 aliphatic heterocycles. The van der Waals surface area contributed by atoms with E-state index >= 15 is 0 Å². The molecular formula is C12H25Cl2N3O2. The molecule has 5 nitrogen and oxygen atoms in total. The molecule has 19 heavy (non-hydrogen) atoms. The van der Waals surface area contributed by atoms with Gasteiger partial charge in [-0.1, -0.05) is 0 Å². The number of methoxy groups -OCH3 is 1. The van der Waals surface area contributed by atoms with Gasteiger partial charge in [-0.25, -0.2) is 0 Å². The Bertz CT molecular complexity index is 255. The maximum Gasteiger partial charge on any atom is 0.227 e. The van der Waals surface area contributed by atoms with Crippen molar-refractivity contribution in [1.29, 1.82) is 0 Å². The molecule has 2 saturated heterocycles. The second-order valence-corrected chi connectivity index (χ2v) is 4.85. The van der Waals surface area contributed by atoms with Crippen molar-refractivity contribution in [3.8, 4) is 0 Å². The van der Waals surface area contributed by atoms with Crippen molar-refractivity contribution in [2.45, 2.75) is 6.42 Å². The Morgan fingerprint density at radius 1 is 1.26 bits per heavy atom. The molecule has 0 bridgehead atoms. The second-order valence-electron chi connectivity index (χ2n) is 4.85. The number of amides is 1. The van der Waals surface area contributed by atoms with Gasteiger partial charge in [-0.05, 0) is 13.0 Å². The zero-order valence-corrected chi connectivity index (χ0v) is 13.1. The van der Waals surface area contributed by atoms with E-state index in [2.05, 4.69) is 10.2 Å². The van der Waals surface area contributed by atoms with Crippen LogP contribution in [0.15, 0.2) is 0 Å². The SMILES string of the molecule is COCCN1CCN(C(=O)C2CCNC2)CC1.Cl.Cl. The van der Waals surface area contributed by atoms with E-state index in [9.17, 15) is 4.79 Å².